The number of piperidine rings is 3. The lowest BCUT2D eigenvalue weighted by atomic mass is 9.74. The Kier molecular flexibility index (Phi) is 4.74. The number of sulfone groups is 1. The van der Waals surface area contributed by atoms with Gasteiger partial charge >= 0.3 is 0 Å². The van der Waals surface area contributed by atoms with Crippen molar-refractivity contribution in [2.45, 2.75) is 28.6 Å². The molecule has 1 amide bonds. The van der Waals surface area contributed by atoms with Crippen LogP contribution in [0.15, 0.2) is 52.3 Å². The van der Waals surface area contributed by atoms with E-state index < -0.39 is 15.7 Å². The van der Waals surface area contributed by atoms with Crippen LogP contribution < -0.4 is 5.73 Å². The van der Waals surface area contributed by atoms with Crippen molar-refractivity contribution < 1.29 is 13.2 Å². The predicted octanol–water partition coefficient (Wildman–Crippen LogP) is 3.08. The molecule has 2 N–H and O–H groups in total. The standard InChI is InChI=1S/C20H21ClN2O3S/c21-14-2-1-3-15(10-14)27(25,26)16-4-5-17(20(22)24)18(11-16)19-12-23-8-6-13(19)7-9-23/h1-5,10-11,13,19H,6-9,12H2,(H2,22,24)/t19-/m1/s1. The van der Waals surface area contributed by atoms with E-state index in [1.807, 2.05) is 0 Å². The van der Waals surface area contributed by atoms with Gasteiger partial charge in [0.05, 0.1) is 9.79 Å². The molecule has 142 valence electrons. The van der Waals surface area contributed by atoms with Crippen LogP contribution >= 0.6 is 11.6 Å². The van der Waals surface area contributed by atoms with E-state index in [0.717, 1.165) is 38.0 Å². The van der Waals surface area contributed by atoms with Crippen molar-refractivity contribution in [1.82, 2.24) is 4.90 Å². The third-order valence-electron chi connectivity index (χ3n) is 5.76. The predicted molar refractivity (Wildman–Crippen MR) is 104 cm³/mol. The summed E-state index contributed by atoms with van der Waals surface area (Å²) in [7, 11) is -3.73. The van der Waals surface area contributed by atoms with Gasteiger partial charge in [-0.3, -0.25) is 4.79 Å². The molecule has 3 aliphatic heterocycles. The molecule has 0 spiro atoms. The maximum atomic E-state index is 13.1. The van der Waals surface area contributed by atoms with Crippen LogP contribution in [0.2, 0.25) is 5.02 Å². The van der Waals surface area contributed by atoms with Crippen LogP contribution in [0.3, 0.4) is 0 Å². The summed E-state index contributed by atoms with van der Waals surface area (Å²) in [5.41, 5.74) is 6.76. The first-order valence-electron chi connectivity index (χ1n) is 9.03. The Morgan fingerprint density at radius 3 is 2.37 bits per heavy atom. The monoisotopic (exact) mass is 404 g/mol. The van der Waals surface area contributed by atoms with Gasteiger partial charge in [-0.2, -0.15) is 0 Å². The van der Waals surface area contributed by atoms with Gasteiger partial charge in [0.2, 0.25) is 15.7 Å². The lowest BCUT2D eigenvalue weighted by Crippen LogP contribution is -2.46. The number of hydrogen-bond donors (Lipinski definition) is 1. The van der Waals surface area contributed by atoms with E-state index in [9.17, 15) is 13.2 Å². The van der Waals surface area contributed by atoms with Crippen molar-refractivity contribution in [2.24, 2.45) is 11.7 Å². The molecule has 1 atom stereocenters. The summed E-state index contributed by atoms with van der Waals surface area (Å²) in [6, 6.07) is 10.9. The van der Waals surface area contributed by atoms with Crippen molar-refractivity contribution in [3.63, 3.8) is 0 Å². The maximum Gasteiger partial charge on any atom is 0.248 e. The number of amides is 1. The average Bonchev–Trinajstić information content (AvgIpc) is 2.68. The topological polar surface area (TPSA) is 80.5 Å². The van der Waals surface area contributed by atoms with Crippen LogP contribution in [0.4, 0.5) is 0 Å². The minimum Gasteiger partial charge on any atom is -0.366 e. The van der Waals surface area contributed by atoms with Crippen LogP contribution in [0, 0.1) is 5.92 Å². The average molecular weight is 405 g/mol. The second-order valence-corrected chi connectivity index (χ2v) is 9.70. The highest BCUT2D eigenvalue weighted by atomic mass is 35.5. The molecule has 3 fully saturated rings. The molecule has 0 aromatic heterocycles. The molecule has 0 aliphatic carbocycles. The number of nitrogens with zero attached hydrogens (tertiary/aromatic N) is 1. The van der Waals surface area contributed by atoms with Gasteiger partial charge in [-0.05, 0) is 73.8 Å². The van der Waals surface area contributed by atoms with Crippen LogP contribution in [0.25, 0.3) is 0 Å². The van der Waals surface area contributed by atoms with Gasteiger partial charge in [-0.15, -0.1) is 0 Å². The van der Waals surface area contributed by atoms with E-state index in [0.29, 0.717) is 16.5 Å². The maximum absolute atomic E-state index is 13.1. The summed E-state index contributed by atoms with van der Waals surface area (Å²) in [5, 5.41) is 0.363. The Labute approximate surface area is 164 Å². The van der Waals surface area contributed by atoms with Crippen molar-refractivity contribution >= 4 is 27.3 Å². The fourth-order valence-electron chi connectivity index (χ4n) is 4.33. The van der Waals surface area contributed by atoms with Crippen molar-refractivity contribution in [3.05, 3.63) is 58.6 Å². The smallest absolute Gasteiger partial charge is 0.248 e. The molecule has 0 unspecified atom stereocenters. The highest BCUT2D eigenvalue weighted by Crippen LogP contribution is 2.41. The third-order valence-corrected chi connectivity index (χ3v) is 7.74. The van der Waals surface area contributed by atoms with Crippen LogP contribution in [-0.2, 0) is 9.84 Å². The van der Waals surface area contributed by atoms with E-state index in [2.05, 4.69) is 4.90 Å². The van der Waals surface area contributed by atoms with E-state index in [1.54, 1.807) is 24.3 Å². The molecule has 0 radical (unpaired) electrons. The molecule has 7 heteroatoms. The molecule has 27 heavy (non-hydrogen) atoms. The Balaban J connectivity index is 1.81. The summed E-state index contributed by atoms with van der Waals surface area (Å²) in [6.07, 6.45) is 2.13. The second kappa shape index (κ2) is 6.93. The first kappa shape index (κ1) is 18.5. The minimum atomic E-state index is -3.73. The zero-order valence-electron chi connectivity index (χ0n) is 14.8. The number of benzene rings is 2. The van der Waals surface area contributed by atoms with E-state index in [1.165, 1.54) is 18.2 Å². The Hall–Kier alpha value is -1.89. The van der Waals surface area contributed by atoms with Crippen LogP contribution in [-0.4, -0.2) is 38.9 Å². The van der Waals surface area contributed by atoms with Crippen LogP contribution in [0.1, 0.15) is 34.7 Å². The quantitative estimate of drug-likeness (QED) is 0.849. The number of hydrogen-bond acceptors (Lipinski definition) is 4. The number of nitrogens with two attached hydrogens (primary N) is 1. The molecule has 5 nitrogen and oxygen atoms in total. The second-order valence-electron chi connectivity index (χ2n) is 7.32. The summed E-state index contributed by atoms with van der Waals surface area (Å²) >= 11 is 5.97. The number of primary amides is 1. The fourth-order valence-corrected chi connectivity index (χ4v) is 5.92. The highest BCUT2D eigenvalue weighted by molar-refractivity contribution is 7.91. The van der Waals surface area contributed by atoms with E-state index in [-0.39, 0.29) is 15.7 Å². The van der Waals surface area contributed by atoms with Crippen molar-refractivity contribution in [3.8, 4) is 0 Å². The van der Waals surface area contributed by atoms with E-state index >= 15 is 0 Å². The highest BCUT2D eigenvalue weighted by Gasteiger charge is 2.37. The van der Waals surface area contributed by atoms with Gasteiger partial charge in [0.1, 0.15) is 0 Å². The molecule has 2 aromatic rings. The minimum absolute atomic E-state index is 0.129. The molecule has 2 bridgehead atoms. The number of rotatable bonds is 4. The summed E-state index contributed by atoms with van der Waals surface area (Å²) < 4.78 is 26.2. The van der Waals surface area contributed by atoms with Crippen LogP contribution in [0.5, 0.6) is 0 Å². The van der Waals surface area contributed by atoms with Crippen molar-refractivity contribution in [2.75, 3.05) is 19.6 Å². The Morgan fingerprint density at radius 2 is 1.78 bits per heavy atom. The SMILES string of the molecule is NC(=O)c1ccc(S(=O)(=O)c2cccc(Cl)c2)cc1[C@@H]1CN2CCC1CC2. The fraction of sp³-hybridized carbons (Fsp3) is 0.350. The first-order chi connectivity index (χ1) is 12.9. The molecular formula is C20H21ClN2O3S. The Bertz CT molecular complexity index is 998. The number of carbonyl (C=O) groups is 1. The number of halogens is 1. The number of fused-ring (bicyclic) bond motifs is 3. The van der Waals surface area contributed by atoms with Gasteiger partial charge in [0, 0.05) is 23.0 Å². The Morgan fingerprint density at radius 1 is 1.07 bits per heavy atom. The van der Waals surface area contributed by atoms with Gasteiger partial charge < -0.3 is 10.6 Å². The third kappa shape index (κ3) is 3.37. The molecule has 3 saturated heterocycles. The van der Waals surface area contributed by atoms with E-state index in [4.69, 9.17) is 17.3 Å². The van der Waals surface area contributed by atoms with Gasteiger partial charge in [0.25, 0.3) is 0 Å². The largest absolute Gasteiger partial charge is 0.366 e. The molecule has 3 heterocycles. The lowest BCUT2D eigenvalue weighted by molar-refractivity contribution is 0.0855. The molecule has 3 aliphatic rings. The first-order valence-corrected chi connectivity index (χ1v) is 10.9. The number of carbonyl (C=O) groups excluding carboxylic acids is 1. The van der Waals surface area contributed by atoms with Gasteiger partial charge in [-0.1, -0.05) is 17.7 Å². The van der Waals surface area contributed by atoms with Crippen molar-refractivity contribution in [1.29, 1.82) is 0 Å². The van der Waals surface area contributed by atoms with Gasteiger partial charge in [-0.25, -0.2) is 8.42 Å². The van der Waals surface area contributed by atoms with Gasteiger partial charge in [0.15, 0.2) is 0 Å². The molecule has 0 saturated carbocycles. The lowest BCUT2D eigenvalue weighted by Gasteiger charge is -2.45. The molecular weight excluding hydrogens is 384 g/mol. The molecule has 2 aromatic carbocycles. The zero-order valence-corrected chi connectivity index (χ0v) is 16.3. The summed E-state index contributed by atoms with van der Waals surface area (Å²) in [4.78, 5) is 14.7. The zero-order chi connectivity index (χ0) is 19.2. The molecule has 5 rings (SSSR count). The normalized spacial score (nSPS) is 24.7. The summed E-state index contributed by atoms with van der Waals surface area (Å²) in [5.74, 6) is 0.0647. The summed E-state index contributed by atoms with van der Waals surface area (Å²) in [6.45, 7) is 2.97.